The number of pyridine rings is 1. The normalized spacial score (nSPS) is 9.68. The molecule has 146 valence electrons. The van der Waals surface area contributed by atoms with Gasteiger partial charge in [0.15, 0.2) is 17.2 Å². The molecule has 0 saturated carbocycles. The molecule has 0 fully saturated rings. The maximum absolute atomic E-state index is 11.9. The average Bonchev–Trinajstić information content (AvgIpc) is 2.69. The first-order valence-corrected chi connectivity index (χ1v) is 8.38. The second kappa shape index (κ2) is 9.82. The van der Waals surface area contributed by atoms with E-state index in [0.29, 0.717) is 5.69 Å². The van der Waals surface area contributed by atoms with Crippen LogP contribution in [0.5, 0.6) is 23.0 Å². The number of aryl methyl sites for hydroxylation is 1. The van der Waals surface area contributed by atoms with Gasteiger partial charge in [-0.15, -0.1) is 0 Å². The van der Waals surface area contributed by atoms with Crippen LogP contribution in [0.3, 0.4) is 0 Å². The number of methoxy groups -OCH3 is 2. The highest BCUT2D eigenvalue weighted by Gasteiger charge is 2.16. The number of nitrogens with zero attached hydrogens (tertiary/aromatic N) is 1. The van der Waals surface area contributed by atoms with Crippen LogP contribution < -0.4 is 14.8 Å². The van der Waals surface area contributed by atoms with Gasteiger partial charge in [-0.1, -0.05) is 24.3 Å². The Morgan fingerprint density at radius 1 is 0.964 bits per heavy atom. The monoisotopic (exact) mass is 382 g/mol. The van der Waals surface area contributed by atoms with Crippen molar-refractivity contribution in [3.63, 3.8) is 0 Å². The number of hydrogen-bond donors (Lipinski definition) is 3. The molecular weight excluding hydrogens is 360 g/mol. The van der Waals surface area contributed by atoms with E-state index < -0.39 is 5.91 Å². The first-order chi connectivity index (χ1) is 13.5. The molecule has 0 unspecified atom stereocenters. The number of nitrogens with one attached hydrogen (secondary N) is 1. The van der Waals surface area contributed by atoms with Gasteiger partial charge in [-0.25, -0.2) is 4.98 Å². The molecule has 1 amide bonds. The molecule has 0 saturated heterocycles. The molecule has 0 radical (unpaired) electrons. The van der Waals surface area contributed by atoms with Crippen LogP contribution in [-0.2, 0) is 0 Å². The number of benzene rings is 2. The molecule has 0 aliphatic carbocycles. The highest BCUT2D eigenvalue weighted by Crippen LogP contribution is 2.28. The molecule has 0 spiro atoms. The predicted octanol–water partition coefficient (Wildman–Crippen LogP) is 3.76. The number of para-hydroxylation sites is 1. The van der Waals surface area contributed by atoms with E-state index in [4.69, 9.17) is 9.47 Å². The number of aromatic nitrogens is 1. The lowest BCUT2D eigenvalue weighted by Gasteiger charge is -2.08. The number of carbonyl (C=O) groups excluding carboxylic acids is 1. The highest BCUT2D eigenvalue weighted by molar-refractivity contribution is 6.05. The zero-order valence-corrected chi connectivity index (χ0v) is 15.8. The smallest absolute Gasteiger partial charge is 0.278 e. The molecule has 0 aliphatic rings. The fourth-order valence-electron chi connectivity index (χ4n) is 2.33. The first kappa shape index (κ1) is 20.6. The maximum Gasteiger partial charge on any atom is 0.278 e. The van der Waals surface area contributed by atoms with Crippen LogP contribution in [0, 0.1) is 6.92 Å². The van der Waals surface area contributed by atoms with E-state index in [1.165, 1.54) is 37.1 Å². The third kappa shape index (κ3) is 5.38. The summed E-state index contributed by atoms with van der Waals surface area (Å²) in [5.74, 6) is 0.221. The number of ether oxygens (including phenoxy) is 2. The summed E-state index contributed by atoms with van der Waals surface area (Å²) in [6.07, 6.45) is 1.36. The summed E-state index contributed by atoms with van der Waals surface area (Å²) >= 11 is 0. The lowest BCUT2D eigenvalue weighted by atomic mass is 10.2. The largest absolute Gasteiger partial charge is 0.508 e. The van der Waals surface area contributed by atoms with Crippen molar-refractivity contribution in [3.8, 4) is 23.0 Å². The van der Waals surface area contributed by atoms with E-state index in [-0.39, 0.29) is 22.9 Å². The molecule has 0 atom stereocenters. The zero-order chi connectivity index (χ0) is 20.5. The van der Waals surface area contributed by atoms with Gasteiger partial charge in [-0.2, -0.15) is 0 Å². The third-order valence-electron chi connectivity index (χ3n) is 3.74. The lowest BCUT2D eigenvalue weighted by Crippen LogP contribution is -2.14. The van der Waals surface area contributed by atoms with Gasteiger partial charge < -0.3 is 25.0 Å². The second-order valence-electron chi connectivity index (χ2n) is 5.68. The Hall–Kier alpha value is -3.74. The van der Waals surface area contributed by atoms with E-state index in [9.17, 15) is 15.0 Å². The number of aromatic hydroxyl groups is 2. The average molecular weight is 382 g/mol. The molecular formula is C21H22N2O5. The van der Waals surface area contributed by atoms with E-state index in [1.54, 1.807) is 19.2 Å². The summed E-state index contributed by atoms with van der Waals surface area (Å²) in [6.45, 7) is 2.03. The van der Waals surface area contributed by atoms with E-state index >= 15 is 0 Å². The van der Waals surface area contributed by atoms with Crippen molar-refractivity contribution in [2.45, 2.75) is 6.92 Å². The Labute approximate surface area is 163 Å². The van der Waals surface area contributed by atoms with E-state index in [2.05, 4.69) is 10.3 Å². The first-order valence-electron chi connectivity index (χ1n) is 8.38. The lowest BCUT2D eigenvalue weighted by molar-refractivity contribution is 0.101. The summed E-state index contributed by atoms with van der Waals surface area (Å²) in [6, 6.07) is 15.4. The summed E-state index contributed by atoms with van der Waals surface area (Å²) in [7, 11) is 3.06. The molecule has 7 nitrogen and oxygen atoms in total. The van der Waals surface area contributed by atoms with Crippen molar-refractivity contribution in [2.24, 2.45) is 0 Å². The van der Waals surface area contributed by atoms with Gasteiger partial charge >= 0.3 is 0 Å². The fraction of sp³-hybridized carbons (Fsp3) is 0.143. The summed E-state index contributed by atoms with van der Waals surface area (Å²) < 4.78 is 9.94. The van der Waals surface area contributed by atoms with Crippen LogP contribution in [0.2, 0.25) is 0 Å². The SMILES string of the molecule is COc1ccccc1C.COc1ccnc(C(=O)Nc2cccc(O)c2)c1O. The van der Waals surface area contributed by atoms with Crippen LogP contribution in [0.4, 0.5) is 5.69 Å². The van der Waals surface area contributed by atoms with Gasteiger partial charge in [-0.05, 0) is 30.7 Å². The molecule has 0 aliphatic heterocycles. The second-order valence-corrected chi connectivity index (χ2v) is 5.68. The van der Waals surface area contributed by atoms with Crippen molar-refractivity contribution >= 4 is 11.6 Å². The molecule has 3 rings (SSSR count). The van der Waals surface area contributed by atoms with Crippen molar-refractivity contribution < 1.29 is 24.5 Å². The van der Waals surface area contributed by atoms with Gasteiger partial charge in [0.05, 0.1) is 14.2 Å². The standard InChI is InChI=1S/C13H12N2O4.C8H10O/c1-19-10-5-6-14-11(12(10)17)13(18)15-8-3-2-4-9(16)7-8;1-7-5-3-4-6-8(7)9-2/h2-7,16-17H,1H3,(H,15,18);3-6H,1-2H3. The van der Waals surface area contributed by atoms with Crippen molar-refractivity contribution in [2.75, 3.05) is 19.5 Å². The topological polar surface area (TPSA) is 101 Å². The van der Waals surface area contributed by atoms with E-state index in [0.717, 1.165) is 5.75 Å². The highest BCUT2D eigenvalue weighted by atomic mass is 16.5. The van der Waals surface area contributed by atoms with Gasteiger partial charge in [0.1, 0.15) is 11.5 Å². The Kier molecular flexibility index (Phi) is 7.21. The zero-order valence-electron chi connectivity index (χ0n) is 15.8. The number of carbonyl (C=O) groups is 1. The minimum atomic E-state index is -0.595. The summed E-state index contributed by atoms with van der Waals surface area (Å²) in [4.78, 5) is 15.7. The molecule has 1 heterocycles. The van der Waals surface area contributed by atoms with Crippen molar-refractivity contribution in [1.82, 2.24) is 4.98 Å². The quantitative estimate of drug-likeness (QED) is 0.635. The Balaban J connectivity index is 0.000000261. The predicted molar refractivity (Wildman–Crippen MR) is 106 cm³/mol. The third-order valence-corrected chi connectivity index (χ3v) is 3.74. The molecule has 3 N–H and O–H groups in total. The number of rotatable bonds is 4. The van der Waals surface area contributed by atoms with Crippen LogP contribution in [0.1, 0.15) is 16.1 Å². The number of hydrogen-bond acceptors (Lipinski definition) is 6. The van der Waals surface area contributed by atoms with Gasteiger partial charge in [0.2, 0.25) is 0 Å². The van der Waals surface area contributed by atoms with Crippen molar-refractivity contribution in [1.29, 1.82) is 0 Å². The molecule has 2 aromatic carbocycles. The number of phenolic OH excluding ortho intramolecular Hbond substituents is 1. The molecule has 3 aromatic rings. The van der Waals surface area contributed by atoms with Crippen LogP contribution >= 0.6 is 0 Å². The maximum atomic E-state index is 11.9. The van der Waals surface area contributed by atoms with E-state index in [1.807, 2.05) is 31.2 Å². The van der Waals surface area contributed by atoms with Crippen LogP contribution in [0.25, 0.3) is 0 Å². The van der Waals surface area contributed by atoms with Crippen LogP contribution in [0.15, 0.2) is 60.8 Å². The molecule has 7 heteroatoms. The number of amides is 1. The van der Waals surface area contributed by atoms with Gasteiger partial charge in [-0.3, -0.25) is 4.79 Å². The molecule has 28 heavy (non-hydrogen) atoms. The Bertz CT molecular complexity index is 944. The molecule has 1 aromatic heterocycles. The minimum Gasteiger partial charge on any atom is -0.508 e. The number of anilines is 1. The van der Waals surface area contributed by atoms with Crippen LogP contribution in [-0.4, -0.2) is 35.3 Å². The summed E-state index contributed by atoms with van der Waals surface area (Å²) in [5.41, 5.74) is 1.43. The number of phenols is 1. The molecule has 0 bridgehead atoms. The Morgan fingerprint density at radius 2 is 1.68 bits per heavy atom. The summed E-state index contributed by atoms with van der Waals surface area (Å²) in [5, 5.41) is 21.6. The van der Waals surface area contributed by atoms with Gasteiger partial charge in [0, 0.05) is 24.0 Å². The van der Waals surface area contributed by atoms with Gasteiger partial charge in [0.25, 0.3) is 5.91 Å². The van der Waals surface area contributed by atoms with Crippen molar-refractivity contribution in [3.05, 3.63) is 72.1 Å². The fourth-order valence-corrected chi connectivity index (χ4v) is 2.33. The Morgan fingerprint density at radius 3 is 2.29 bits per heavy atom. The minimum absolute atomic E-state index is 0.0284.